The lowest BCUT2D eigenvalue weighted by Gasteiger charge is -2.12. The largest absolute Gasteiger partial charge is 0.466 e. The molecule has 0 spiro atoms. The molecule has 0 aliphatic rings. The third-order valence-corrected chi connectivity index (χ3v) is 6.24. The molecule has 6 nitrogen and oxygen atoms in total. The van der Waals surface area contributed by atoms with Gasteiger partial charge in [-0.25, -0.2) is 8.42 Å². The van der Waals surface area contributed by atoms with E-state index >= 15 is 0 Å². The fraction of sp³-hybridized carbons (Fsp3) is 0.227. The monoisotopic (exact) mass is 412 g/mol. The predicted octanol–water partition coefficient (Wildman–Crippen LogP) is 4.24. The quantitative estimate of drug-likeness (QED) is 0.634. The first-order chi connectivity index (χ1) is 13.7. The normalized spacial score (nSPS) is 11.3. The van der Waals surface area contributed by atoms with E-state index in [1.165, 1.54) is 24.3 Å². The van der Waals surface area contributed by atoms with Crippen LogP contribution in [0.3, 0.4) is 0 Å². The van der Waals surface area contributed by atoms with Crippen LogP contribution in [0.1, 0.15) is 38.6 Å². The van der Waals surface area contributed by atoms with Crippen molar-refractivity contribution in [2.45, 2.75) is 39.1 Å². The highest BCUT2D eigenvalue weighted by molar-refractivity contribution is 7.92. The number of sulfonamides is 1. The Morgan fingerprint density at radius 3 is 2.31 bits per heavy atom. The zero-order chi connectivity index (χ0) is 21.2. The average molecular weight is 413 g/mol. The Morgan fingerprint density at radius 1 is 1.00 bits per heavy atom. The Labute approximate surface area is 171 Å². The number of hydrogen-bond donors (Lipinski definition) is 2. The molecule has 0 aliphatic carbocycles. The van der Waals surface area contributed by atoms with Gasteiger partial charge in [-0.3, -0.25) is 9.52 Å². The lowest BCUT2D eigenvalue weighted by atomic mass is 10.1. The zero-order valence-electron chi connectivity index (χ0n) is 16.9. The van der Waals surface area contributed by atoms with Crippen molar-refractivity contribution in [2.75, 3.05) is 4.72 Å². The number of nitrogens with one attached hydrogen (secondary N) is 2. The average Bonchev–Trinajstić information content (AvgIpc) is 3.00. The molecule has 0 saturated carbocycles. The van der Waals surface area contributed by atoms with Crippen LogP contribution in [0.15, 0.2) is 57.8 Å². The zero-order valence-corrected chi connectivity index (χ0v) is 17.7. The molecule has 3 aromatic rings. The van der Waals surface area contributed by atoms with Crippen molar-refractivity contribution in [3.8, 4) is 0 Å². The molecule has 2 aromatic carbocycles. The van der Waals surface area contributed by atoms with Gasteiger partial charge in [0.25, 0.3) is 15.9 Å². The van der Waals surface area contributed by atoms with E-state index < -0.39 is 10.0 Å². The van der Waals surface area contributed by atoms with Crippen LogP contribution in [0.5, 0.6) is 0 Å². The van der Waals surface area contributed by atoms with Gasteiger partial charge in [0.15, 0.2) is 0 Å². The van der Waals surface area contributed by atoms with Gasteiger partial charge in [-0.2, -0.15) is 0 Å². The number of anilines is 1. The summed E-state index contributed by atoms with van der Waals surface area (Å²) in [4.78, 5) is 12.5. The highest BCUT2D eigenvalue weighted by Gasteiger charge is 2.17. The molecule has 0 unspecified atom stereocenters. The summed E-state index contributed by atoms with van der Waals surface area (Å²) < 4.78 is 33.4. The Balaban J connectivity index is 1.70. The maximum absolute atomic E-state index is 12.7. The standard InChI is InChI=1S/C22H24N2O4S/c1-14-6-5-7-21(16(14)3)24-29(26,27)20-10-8-18(9-11-20)22(25)23-13-19-12-15(2)28-17(19)4/h5-12,24H,13H2,1-4H3,(H,23,25). The maximum atomic E-state index is 12.7. The molecular weight excluding hydrogens is 388 g/mol. The van der Waals surface area contributed by atoms with E-state index in [1.54, 1.807) is 12.1 Å². The predicted molar refractivity (Wildman–Crippen MR) is 113 cm³/mol. The van der Waals surface area contributed by atoms with Crippen LogP contribution in [0.25, 0.3) is 0 Å². The van der Waals surface area contributed by atoms with Gasteiger partial charge < -0.3 is 9.73 Å². The summed E-state index contributed by atoms with van der Waals surface area (Å²) in [6.07, 6.45) is 0. The summed E-state index contributed by atoms with van der Waals surface area (Å²) in [5.41, 5.74) is 3.70. The van der Waals surface area contributed by atoms with Gasteiger partial charge in [0.05, 0.1) is 10.6 Å². The van der Waals surface area contributed by atoms with Crippen molar-refractivity contribution in [2.24, 2.45) is 0 Å². The van der Waals surface area contributed by atoms with E-state index in [9.17, 15) is 13.2 Å². The third-order valence-electron chi connectivity index (χ3n) is 4.86. The molecule has 2 N–H and O–H groups in total. The second-order valence-electron chi connectivity index (χ2n) is 7.00. The van der Waals surface area contributed by atoms with Gasteiger partial charge in [0.2, 0.25) is 0 Å². The number of amides is 1. The van der Waals surface area contributed by atoms with Gasteiger partial charge >= 0.3 is 0 Å². The third kappa shape index (κ3) is 4.68. The van der Waals surface area contributed by atoms with Crippen LogP contribution < -0.4 is 10.0 Å². The van der Waals surface area contributed by atoms with Crippen LogP contribution in [0, 0.1) is 27.7 Å². The fourth-order valence-corrected chi connectivity index (χ4v) is 4.11. The lowest BCUT2D eigenvalue weighted by Crippen LogP contribution is -2.23. The first-order valence-corrected chi connectivity index (χ1v) is 10.7. The van der Waals surface area contributed by atoms with E-state index in [2.05, 4.69) is 10.0 Å². The van der Waals surface area contributed by atoms with Crippen molar-refractivity contribution in [3.05, 3.63) is 82.3 Å². The minimum atomic E-state index is -3.75. The smallest absolute Gasteiger partial charge is 0.261 e. The number of furan rings is 1. The van der Waals surface area contributed by atoms with Gasteiger partial charge in [0.1, 0.15) is 11.5 Å². The number of aryl methyl sites for hydroxylation is 3. The molecular formula is C22H24N2O4S. The number of rotatable bonds is 6. The number of benzene rings is 2. The van der Waals surface area contributed by atoms with Crippen LogP contribution >= 0.6 is 0 Å². The molecule has 29 heavy (non-hydrogen) atoms. The van der Waals surface area contributed by atoms with Crippen molar-refractivity contribution < 1.29 is 17.6 Å². The summed E-state index contributed by atoms with van der Waals surface area (Å²) in [6.45, 7) is 7.83. The minimum absolute atomic E-state index is 0.0938. The fourth-order valence-electron chi connectivity index (χ4n) is 2.99. The van der Waals surface area contributed by atoms with E-state index in [0.717, 1.165) is 28.2 Å². The van der Waals surface area contributed by atoms with Gasteiger partial charge in [-0.15, -0.1) is 0 Å². The van der Waals surface area contributed by atoms with E-state index in [4.69, 9.17) is 4.42 Å². The lowest BCUT2D eigenvalue weighted by molar-refractivity contribution is 0.0950. The van der Waals surface area contributed by atoms with E-state index in [-0.39, 0.29) is 10.8 Å². The first-order valence-electron chi connectivity index (χ1n) is 9.20. The summed E-state index contributed by atoms with van der Waals surface area (Å²) >= 11 is 0. The molecule has 3 rings (SSSR count). The van der Waals surface area contributed by atoms with Crippen LogP contribution in [-0.2, 0) is 16.6 Å². The molecule has 1 amide bonds. The van der Waals surface area contributed by atoms with Crippen molar-refractivity contribution >= 4 is 21.6 Å². The van der Waals surface area contributed by atoms with Crippen LogP contribution in [0.4, 0.5) is 5.69 Å². The Hall–Kier alpha value is -3.06. The molecule has 0 atom stereocenters. The molecule has 7 heteroatoms. The van der Waals surface area contributed by atoms with E-state index in [1.807, 2.05) is 39.8 Å². The Bertz CT molecular complexity index is 1150. The van der Waals surface area contributed by atoms with Crippen molar-refractivity contribution in [1.29, 1.82) is 0 Å². The van der Waals surface area contributed by atoms with Crippen LogP contribution in [-0.4, -0.2) is 14.3 Å². The number of carbonyl (C=O) groups is 1. The molecule has 0 bridgehead atoms. The summed E-state index contributed by atoms with van der Waals surface area (Å²) in [7, 11) is -3.75. The summed E-state index contributed by atoms with van der Waals surface area (Å²) in [6, 6.07) is 13.2. The highest BCUT2D eigenvalue weighted by Crippen LogP contribution is 2.22. The topological polar surface area (TPSA) is 88.4 Å². The molecule has 1 aromatic heterocycles. The van der Waals surface area contributed by atoms with Gasteiger partial charge in [-0.1, -0.05) is 12.1 Å². The van der Waals surface area contributed by atoms with Gasteiger partial charge in [-0.05, 0) is 75.2 Å². The van der Waals surface area contributed by atoms with Crippen LogP contribution in [0.2, 0.25) is 0 Å². The minimum Gasteiger partial charge on any atom is -0.466 e. The van der Waals surface area contributed by atoms with E-state index in [0.29, 0.717) is 17.8 Å². The molecule has 0 radical (unpaired) electrons. The van der Waals surface area contributed by atoms with Crippen molar-refractivity contribution in [3.63, 3.8) is 0 Å². The molecule has 0 saturated heterocycles. The Morgan fingerprint density at radius 2 is 1.69 bits per heavy atom. The molecule has 152 valence electrons. The number of carbonyl (C=O) groups excluding carboxylic acids is 1. The summed E-state index contributed by atoms with van der Waals surface area (Å²) in [5, 5.41) is 2.82. The highest BCUT2D eigenvalue weighted by atomic mass is 32.2. The molecule has 0 aliphatic heterocycles. The Kier molecular flexibility index (Phi) is 5.79. The number of hydrogen-bond acceptors (Lipinski definition) is 4. The van der Waals surface area contributed by atoms with Crippen molar-refractivity contribution in [1.82, 2.24) is 5.32 Å². The second-order valence-corrected chi connectivity index (χ2v) is 8.68. The SMILES string of the molecule is Cc1cc(CNC(=O)c2ccc(S(=O)(=O)Nc3cccc(C)c3C)cc2)c(C)o1. The second kappa shape index (κ2) is 8.13. The maximum Gasteiger partial charge on any atom is 0.261 e. The summed E-state index contributed by atoms with van der Waals surface area (Å²) in [5.74, 6) is 1.27. The first kappa shape index (κ1) is 20.7. The molecule has 1 heterocycles. The van der Waals surface area contributed by atoms with Gasteiger partial charge in [0, 0.05) is 17.7 Å². The molecule has 0 fully saturated rings.